The van der Waals surface area contributed by atoms with Crippen LogP contribution < -0.4 is 9.47 Å². The van der Waals surface area contributed by atoms with Crippen LogP contribution in [0.15, 0.2) is 18.2 Å². The molecular weight excluding hydrogens is 346 g/mol. The van der Waals surface area contributed by atoms with Crippen LogP contribution in [0.2, 0.25) is 0 Å². The minimum atomic E-state index is -3.21. The molecule has 8 heteroatoms. The number of fused-ring (bicyclic) bond motifs is 1. The van der Waals surface area contributed by atoms with Gasteiger partial charge in [0.1, 0.15) is 4.75 Å². The van der Waals surface area contributed by atoms with Gasteiger partial charge in [0, 0.05) is 31.2 Å². The zero-order chi connectivity index (χ0) is 17.7. The molecule has 1 spiro atoms. The predicted octanol–water partition coefficient (Wildman–Crippen LogP) is 1.08. The van der Waals surface area contributed by atoms with E-state index >= 15 is 0 Å². The summed E-state index contributed by atoms with van der Waals surface area (Å²) in [5, 5.41) is 0. The van der Waals surface area contributed by atoms with Gasteiger partial charge in [-0.1, -0.05) is 0 Å². The Kier molecular flexibility index (Phi) is 3.92. The van der Waals surface area contributed by atoms with Crippen LogP contribution in [0.1, 0.15) is 23.7 Å². The van der Waals surface area contributed by atoms with E-state index in [2.05, 4.69) is 0 Å². The summed E-state index contributed by atoms with van der Waals surface area (Å²) in [4.78, 5) is 14.3. The molecule has 1 unspecified atom stereocenters. The molecule has 0 N–H and O–H groups in total. The number of amides is 1. The molecule has 0 bridgehead atoms. The normalized spacial score (nSPS) is 25.2. The van der Waals surface area contributed by atoms with Gasteiger partial charge in [0.15, 0.2) is 21.3 Å². The second kappa shape index (κ2) is 5.88. The van der Waals surface area contributed by atoms with E-state index in [1.165, 1.54) is 0 Å². The zero-order valence-corrected chi connectivity index (χ0v) is 14.9. The molecule has 2 saturated heterocycles. The van der Waals surface area contributed by atoms with Crippen molar-refractivity contribution in [2.75, 3.05) is 38.8 Å². The molecule has 136 valence electrons. The Morgan fingerprint density at radius 1 is 1.32 bits per heavy atom. The van der Waals surface area contributed by atoms with Crippen molar-refractivity contribution in [2.24, 2.45) is 5.92 Å². The Hall–Kier alpha value is -1.80. The van der Waals surface area contributed by atoms with E-state index in [1.807, 2.05) is 6.92 Å². The van der Waals surface area contributed by atoms with Crippen LogP contribution in [-0.2, 0) is 14.6 Å². The first-order valence-corrected chi connectivity index (χ1v) is 10.1. The summed E-state index contributed by atoms with van der Waals surface area (Å²) in [6.07, 6.45) is 0.606. The van der Waals surface area contributed by atoms with Crippen molar-refractivity contribution in [3.8, 4) is 11.5 Å². The second-order valence-corrected chi connectivity index (χ2v) is 9.21. The number of carbonyl (C=O) groups excluding carboxylic acids is 1. The van der Waals surface area contributed by atoms with E-state index in [4.69, 9.17) is 14.2 Å². The molecule has 0 radical (unpaired) electrons. The fourth-order valence-corrected chi connectivity index (χ4v) is 6.32. The molecule has 3 aliphatic heterocycles. The number of hydrogen-bond donors (Lipinski definition) is 0. The van der Waals surface area contributed by atoms with Gasteiger partial charge in [-0.15, -0.1) is 0 Å². The van der Waals surface area contributed by atoms with Crippen LogP contribution in [0.3, 0.4) is 0 Å². The monoisotopic (exact) mass is 367 g/mol. The van der Waals surface area contributed by atoms with Gasteiger partial charge in [-0.3, -0.25) is 4.79 Å². The summed E-state index contributed by atoms with van der Waals surface area (Å²) < 4.78 is 40.3. The third-order valence-electron chi connectivity index (χ3n) is 5.45. The molecule has 1 aromatic carbocycles. The first-order valence-electron chi connectivity index (χ1n) is 8.46. The second-order valence-electron chi connectivity index (χ2n) is 6.76. The number of sulfone groups is 1. The minimum Gasteiger partial charge on any atom is -0.454 e. The minimum absolute atomic E-state index is 0.0433. The van der Waals surface area contributed by atoms with Crippen LogP contribution in [0.25, 0.3) is 0 Å². The molecule has 4 rings (SSSR count). The van der Waals surface area contributed by atoms with Gasteiger partial charge in [-0.05, 0) is 31.5 Å². The molecule has 0 saturated carbocycles. The van der Waals surface area contributed by atoms with E-state index in [1.54, 1.807) is 23.1 Å². The fraction of sp³-hybridized carbons (Fsp3) is 0.588. The van der Waals surface area contributed by atoms with Crippen molar-refractivity contribution in [3.05, 3.63) is 23.8 Å². The highest BCUT2D eigenvalue weighted by molar-refractivity contribution is 7.93. The van der Waals surface area contributed by atoms with Crippen molar-refractivity contribution in [2.45, 2.75) is 18.1 Å². The van der Waals surface area contributed by atoms with Crippen molar-refractivity contribution in [1.29, 1.82) is 0 Å². The molecule has 1 atom stereocenters. The topological polar surface area (TPSA) is 82.1 Å². The van der Waals surface area contributed by atoms with Crippen molar-refractivity contribution >= 4 is 15.7 Å². The van der Waals surface area contributed by atoms with Gasteiger partial charge in [-0.2, -0.15) is 0 Å². The van der Waals surface area contributed by atoms with E-state index in [9.17, 15) is 13.2 Å². The van der Waals surface area contributed by atoms with Crippen molar-refractivity contribution in [1.82, 2.24) is 4.90 Å². The number of ether oxygens (including phenoxy) is 3. The van der Waals surface area contributed by atoms with Crippen molar-refractivity contribution in [3.63, 3.8) is 0 Å². The lowest BCUT2D eigenvalue weighted by Crippen LogP contribution is -2.68. The predicted molar refractivity (Wildman–Crippen MR) is 89.6 cm³/mol. The summed E-state index contributed by atoms with van der Waals surface area (Å²) in [7, 11) is -3.21. The zero-order valence-electron chi connectivity index (χ0n) is 14.1. The highest BCUT2D eigenvalue weighted by Crippen LogP contribution is 2.45. The first-order chi connectivity index (χ1) is 12.0. The van der Waals surface area contributed by atoms with Crippen LogP contribution in [0.5, 0.6) is 11.5 Å². The highest BCUT2D eigenvalue weighted by Gasteiger charge is 2.62. The smallest absolute Gasteiger partial charge is 0.254 e. The largest absolute Gasteiger partial charge is 0.454 e. The third kappa shape index (κ3) is 2.50. The van der Waals surface area contributed by atoms with E-state index in [-0.39, 0.29) is 37.5 Å². The molecule has 0 aromatic heterocycles. The quantitative estimate of drug-likeness (QED) is 0.792. The van der Waals surface area contributed by atoms with Crippen molar-refractivity contribution < 1.29 is 27.4 Å². The Morgan fingerprint density at radius 2 is 2.08 bits per heavy atom. The summed E-state index contributed by atoms with van der Waals surface area (Å²) in [6.45, 7) is 3.51. The number of likely N-dealkylation sites (tertiary alicyclic amines) is 1. The fourth-order valence-electron chi connectivity index (χ4n) is 3.92. The van der Waals surface area contributed by atoms with E-state index in [0.717, 1.165) is 0 Å². The molecule has 2 fully saturated rings. The molecule has 1 amide bonds. The molecule has 3 heterocycles. The Balaban J connectivity index is 1.50. The SMILES string of the molecule is CCOCC1CCS(=O)(=O)C12CN(C(=O)c1ccc3c(c1)OCO3)C2. The van der Waals surface area contributed by atoms with Crippen LogP contribution in [0, 0.1) is 5.92 Å². The van der Waals surface area contributed by atoms with Gasteiger partial charge in [0.05, 0.1) is 12.4 Å². The molecular formula is C17H21NO6S. The average Bonchev–Trinajstić information content (AvgIpc) is 3.11. The number of benzene rings is 1. The van der Waals surface area contributed by atoms with Gasteiger partial charge >= 0.3 is 0 Å². The number of hydrogen-bond acceptors (Lipinski definition) is 6. The van der Waals surface area contributed by atoms with Gasteiger partial charge in [0.25, 0.3) is 5.91 Å². The van der Waals surface area contributed by atoms with E-state index < -0.39 is 14.6 Å². The lowest BCUT2D eigenvalue weighted by atomic mass is 9.83. The lowest BCUT2D eigenvalue weighted by Gasteiger charge is -2.49. The van der Waals surface area contributed by atoms with Gasteiger partial charge < -0.3 is 19.1 Å². The molecule has 1 aromatic rings. The molecule has 0 aliphatic carbocycles. The Morgan fingerprint density at radius 3 is 2.84 bits per heavy atom. The molecule has 25 heavy (non-hydrogen) atoms. The lowest BCUT2D eigenvalue weighted by molar-refractivity contribution is 0.0270. The number of nitrogens with zero attached hydrogens (tertiary/aromatic N) is 1. The first kappa shape index (κ1) is 16.7. The van der Waals surface area contributed by atoms with Gasteiger partial charge in [-0.25, -0.2) is 8.42 Å². The Labute approximate surface area is 146 Å². The maximum Gasteiger partial charge on any atom is 0.254 e. The molecule has 7 nitrogen and oxygen atoms in total. The van der Waals surface area contributed by atoms with Crippen LogP contribution >= 0.6 is 0 Å². The Bertz CT molecular complexity index is 799. The number of rotatable bonds is 4. The molecule has 3 aliphatic rings. The maximum absolute atomic E-state index is 12.7. The van der Waals surface area contributed by atoms with Gasteiger partial charge in [0.2, 0.25) is 6.79 Å². The number of carbonyl (C=O) groups is 1. The van der Waals surface area contributed by atoms with E-state index in [0.29, 0.717) is 36.7 Å². The average molecular weight is 367 g/mol. The highest BCUT2D eigenvalue weighted by atomic mass is 32.2. The maximum atomic E-state index is 12.7. The summed E-state index contributed by atoms with van der Waals surface area (Å²) in [5.74, 6) is 1.12. The third-order valence-corrected chi connectivity index (χ3v) is 8.05. The summed E-state index contributed by atoms with van der Waals surface area (Å²) in [6, 6.07) is 5.04. The standard InChI is InChI=1S/C17H21NO6S/c1-2-22-8-13-5-6-25(20,21)17(13)9-18(10-17)16(19)12-3-4-14-15(7-12)24-11-23-14/h3-4,7,13H,2,5-6,8-11H2,1H3. The van der Waals surface area contributed by atoms with Crippen LogP contribution in [0.4, 0.5) is 0 Å². The van der Waals surface area contributed by atoms with Crippen LogP contribution in [-0.4, -0.2) is 62.8 Å². The summed E-state index contributed by atoms with van der Waals surface area (Å²) in [5.41, 5.74) is 0.482. The summed E-state index contributed by atoms with van der Waals surface area (Å²) >= 11 is 0.